The summed E-state index contributed by atoms with van der Waals surface area (Å²) in [6.45, 7) is 7.64. The smallest absolute Gasteiger partial charge is 0.321 e. The highest BCUT2D eigenvalue weighted by Crippen LogP contribution is 2.27. The van der Waals surface area contributed by atoms with E-state index in [9.17, 15) is 9.59 Å². The molecule has 2 amide bonds. The van der Waals surface area contributed by atoms with E-state index < -0.39 is 0 Å². The molecule has 10 heteroatoms. The fourth-order valence-electron chi connectivity index (χ4n) is 6.01. The molecule has 10 nitrogen and oxygen atoms in total. The predicted molar refractivity (Wildman–Crippen MR) is 179 cm³/mol. The second-order valence-corrected chi connectivity index (χ2v) is 11.5. The first kappa shape index (κ1) is 30.2. The van der Waals surface area contributed by atoms with Crippen LogP contribution in [0.1, 0.15) is 25.3 Å². The molecule has 2 aliphatic heterocycles. The molecule has 3 aromatic carbocycles. The van der Waals surface area contributed by atoms with E-state index in [1.165, 1.54) is 10.2 Å². The number of nitrogens with zero attached hydrogens (tertiary/aromatic N) is 5. The summed E-state index contributed by atoms with van der Waals surface area (Å²) < 4.78 is 6.97. The molecule has 2 N–H and O–H groups in total. The molecule has 4 aromatic rings. The maximum Gasteiger partial charge on any atom is 0.321 e. The summed E-state index contributed by atoms with van der Waals surface area (Å²) in [7, 11) is 0. The van der Waals surface area contributed by atoms with Crippen molar-refractivity contribution in [1.29, 1.82) is 0 Å². The molecular formula is C35H41N7O3. The van der Waals surface area contributed by atoms with Crippen molar-refractivity contribution in [3.63, 3.8) is 0 Å². The van der Waals surface area contributed by atoms with Crippen LogP contribution in [0.5, 0.6) is 5.75 Å². The number of piperazine rings is 1. The van der Waals surface area contributed by atoms with Crippen LogP contribution < -0.4 is 25.8 Å². The van der Waals surface area contributed by atoms with Crippen LogP contribution >= 0.6 is 0 Å². The van der Waals surface area contributed by atoms with Crippen LogP contribution in [0.25, 0.3) is 5.69 Å². The van der Waals surface area contributed by atoms with Crippen molar-refractivity contribution in [2.75, 3.05) is 61.4 Å². The van der Waals surface area contributed by atoms with Crippen LogP contribution in [-0.4, -0.2) is 77.5 Å². The molecule has 0 aliphatic carbocycles. The Labute approximate surface area is 264 Å². The summed E-state index contributed by atoms with van der Waals surface area (Å²) in [6.07, 6.45) is 3.68. The SMILES string of the molecule is CCOc1ccc(NC(=O)N2CCN(c3cnn(-c4ccccc4)c(=O)c3NC3CCN(Cc4ccccc4)CC3)CC2)cc1. The van der Waals surface area contributed by atoms with E-state index in [1.54, 1.807) is 11.1 Å². The van der Waals surface area contributed by atoms with Gasteiger partial charge in [0.25, 0.3) is 5.56 Å². The van der Waals surface area contributed by atoms with Crippen molar-refractivity contribution in [1.82, 2.24) is 19.6 Å². The Bertz CT molecular complexity index is 1600. The molecule has 1 aromatic heterocycles. The van der Waals surface area contributed by atoms with Crippen LogP contribution in [0.3, 0.4) is 0 Å². The minimum atomic E-state index is -0.166. The van der Waals surface area contributed by atoms with E-state index in [1.807, 2.05) is 67.6 Å². The first-order chi connectivity index (χ1) is 22.1. The average molecular weight is 608 g/mol. The standard InChI is InChI=1S/C35H41N7O3/c1-2-45-31-15-13-28(14-16-31)38-35(44)41-23-21-40(22-24-41)32-25-36-42(30-11-7-4-8-12-30)34(43)33(32)37-29-17-19-39(20-18-29)26-27-9-5-3-6-10-27/h3-16,25,29,37H,2,17-24,26H2,1H3,(H,38,44). The number of ether oxygens (including phenoxy) is 1. The zero-order valence-electron chi connectivity index (χ0n) is 25.8. The Kier molecular flexibility index (Phi) is 9.60. The number of urea groups is 1. The van der Waals surface area contributed by atoms with Gasteiger partial charge in [-0.15, -0.1) is 0 Å². The van der Waals surface area contributed by atoms with Gasteiger partial charge in [-0.05, 0) is 61.7 Å². The first-order valence-corrected chi connectivity index (χ1v) is 15.8. The van der Waals surface area contributed by atoms with Crippen molar-refractivity contribution in [3.05, 3.63) is 107 Å². The molecule has 2 saturated heterocycles. The Hall–Kier alpha value is -4.83. The maximum atomic E-state index is 14.0. The highest BCUT2D eigenvalue weighted by atomic mass is 16.5. The van der Waals surface area contributed by atoms with Gasteiger partial charge in [-0.3, -0.25) is 9.69 Å². The van der Waals surface area contributed by atoms with Gasteiger partial charge in [-0.1, -0.05) is 48.5 Å². The number of anilines is 3. The lowest BCUT2D eigenvalue weighted by molar-refractivity contribution is 0.208. The Morgan fingerprint density at radius 3 is 2.20 bits per heavy atom. The number of para-hydroxylation sites is 1. The highest BCUT2D eigenvalue weighted by molar-refractivity contribution is 5.89. The average Bonchev–Trinajstić information content (AvgIpc) is 3.08. The largest absolute Gasteiger partial charge is 0.494 e. The summed E-state index contributed by atoms with van der Waals surface area (Å²) in [5, 5.41) is 11.2. The molecule has 0 bridgehead atoms. The van der Waals surface area contributed by atoms with Gasteiger partial charge in [0.15, 0.2) is 0 Å². The second kappa shape index (κ2) is 14.3. The van der Waals surface area contributed by atoms with Crippen LogP contribution in [0.15, 0.2) is 95.9 Å². The molecule has 0 unspecified atom stereocenters. The van der Waals surface area contributed by atoms with E-state index >= 15 is 0 Å². The van der Waals surface area contributed by atoms with Crippen molar-refractivity contribution in [2.24, 2.45) is 0 Å². The van der Waals surface area contributed by atoms with Gasteiger partial charge in [0.05, 0.1) is 24.2 Å². The highest BCUT2D eigenvalue weighted by Gasteiger charge is 2.27. The molecule has 0 atom stereocenters. The molecular weight excluding hydrogens is 566 g/mol. The van der Waals surface area contributed by atoms with Crippen LogP contribution in [0.4, 0.5) is 21.9 Å². The molecule has 0 saturated carbocycles. The number of hydrogen-bond acceptors (Lipinski definition) is 7. The number of likely N-dealkylation sites (tertiary alicyclic amines) is 1. The van der Waals surface area contributed by atoms with Crippen molar-refractivity contribution in [2.45, 2.75) is 32.4 Å². The van der Waals surface area contributed by atoms with Crippen LogP contribution in [0.2, 0.25) is 0 Å². The van der Waals surface area contributed by atoms with Crippen LogP contribution in [0, 0.1) is 0 Å². The van der Waals surface area contributed by atoms with Gasteiger partial charge >= 0.3 is 6.03 Å². The summed E-state index contributed by atoms with van der Waals surface area (Å²) in [5.74, 6) is 0.772. The number of piperidine rings is 1. The van der Waals surface area contributed by atoms with Crippen LogP contribution in [-0.2, 0) is 6.54 Å². The summed E-state index contributed by atoms with van der Waals surface area (Å²) >= 11 is 0. The quantitative estimate of drug-likeness (QED) is 0.275. The van der Waals surface area contributed by atoms with E-state index in [0.29, 0.717) is 38.5 Å². The molecule has 6 rings (SSSR count). The normalized spacial score (nSPS) is 15.9. The second-order valence-electron chi connectivity index (χ2n) is 11.5. The number of aromatic nitrogens is 2. The Morgan fingerprint density at radius 2 is 1.53 bits per heavy atom. The topological polar surface area (TPSA) is 95.0 Å². The minimum Gasteiger partial charge on any atom is -0.494 e. The van der Waals surface area contributed by atoms with Crippen molar-refractivity contribution in [3.8, 4) is 11.4 Å². The third-order valence-electron chi connectivity index (χ3n) is 8.47. The van der Waals surface area contributed by atoms with Crippen molar-refractivity contribution >= 4 is 23.1 Å². The number of amides is 2. The maximum absolute atomic E-state index is 14.0. The third kappa shape index (κ3) is 7.46. The van der Waals surface area contributed by atoms with Gasteiger partial charge in [0.2, 0.25) is 0 Å². The number of hydrogen-bond donors (Lipinski definition) is 2. The summed E-state index contributed by atoms with van der Waals surface area (Å²) in [6, 6.07) is 27.5. The van der Waals surface area contributed by atoms with Gasteiger partial charge in [0.1, 0.15) is 11.4 Å². The van der Waals surface area contributed by atoms with E-state index in [-0.39, 0.29) is 17.6 Å². The number of carbonyl (C=O) groups is 1. The molecule has 0 spiro atoms. The molecule has 234 valence electrons. The number of carbonyl (C=O) groups excluding carboxylic acids is 1. The minimum absolute atomic E-state index is 0.142. The monoisotopic (exact) mass is 607 g/mol. The van der Waals surface area contributed by atoms with Crippen molar-refractivity contribution < 1.29 is 9.53 Å². The molecule has 0 radical (unpaired) electrons. The zero-order chi connectivity index (χ0) is 31.0. The Morgan fingerprint density at radius 1 is 0.867 bits per heavy atom. The lowest BCUT2D eigenvalue weighted by Gasteiger charge is -2.37. The molecule has 2 fully saturated rings. The zero-order valence-corrected chi connectivity index (χ0v) is 25.8. The lowest BCUT2D eigenvalue weighted by Crippen LogP contribution is -2.50. The van der Waals surface area contributed by atoms with Gasteiger partial charge in [-0.2, -0.15) is 9.78 Å². The number of rotatable bonds is 9. The molecule has 2 aliphatic rings. The predicted octanol–water partition coefficient (Wildman–Crippen LogP) is 5.06. The van der Waals surface area contributed by atoms with E-state index in [2.05, 4.69) is 49.8 Å². The fourth-order valence-corrected chi connectivity index (χ4v) is 6.01. The van der Waals surface area contributed by atoms with Gasteiger partial charge < -0.3 is 25.2 Å². The van der Waals surface area contributed by atoms with Gasteiger partial charge in [0, 0.05) is 57.5 Å². The van der Waals surface area contributed by atoms with E-state index in [4.69, 9.17) is 4.74 Å². The number of benzene rings is 3. The summed E-state index contributed by atoms with van der Waals surface area (Å²) in [5.41, 5.74) is 3.96. The first-order valence-electron chi connectivity index (χ1n) is 15.8. The van der Waals surface area contributed by atoms with E-state index in [0.717, 1.165) is 55.3 Å². The molecule has 45 heavy (non-hydrogen) atoms. The number of nitrogens with one attached hydrogen (secondary N) is 2. The lowest BCUT2D eigenvalue weighted by atomic mass is 10.0. The van der Waals surface area contributed by atoms with Gasteiger partial charge in [-0.25, -0.2) is 4.79 Å². The summed E-state index contributed by atoms with van der Waals surface area (Å²) in [4.78, 5) is 33.4. The molecule has 3 heterocycles. The third-order valence-corrected chi connectivity index (χ3v) is 8.47. The Balaban J connectivity index is 1.13. The fraction of sp³-hybridized carbons (Fsp3) is 0.343.